The molecule has 0 saturated heterocycles. The highest BCUT2D eigenvalue weighted by Gasteiger charge is 2.24. The summed E-state index contributed by atoms with van der Waals surface area (Å²) in [4.78, 5) is 8.51. The van der Waals surface area contributed by atoms with E-state index in [2.05, 4.69) is 14.6 Å². The molecule has 1 aliphatic heterocycles. The van der Waals surface area contributed by atoms with Crippen LogP contribution in [0, 0.1) is 0 Å². The van der Waals surface area contributed by atoms with Gasteiger partial charge in [0.05, 0.1) is 5.69 Å². The number of aromatic nitrogens is 4. The standard InChI is InChI=1S/C16H13ClN4/c17-14-10-11(6-8-19-14)15-13-5-3-9-21(13)20-16(15)12-4-1-2-7-18-12/h1-2,4,6-8,10H,3,5,9H2. The molecule has 0 aliphatic carbocycles. The maximum Gasteiger partial charge on any atom is 0.129 e. The summed E-state index contributed by atoms with van der Waals surface area (Å²) in [7, 11) is 0. The molecule has 3 aromatic rings. The average Bonchev–Trinajstić information content (AvgIpc) is 3.08. The summed E-state index contributed by atoms with van der Waals surface area (Å²) in [6.07, 6.45) is 5.70. The molecular weight excluding hydrogens is 284 g/mol. The van der Waals surface area contributed by atoms with Crippen LogP contribution >= 0.6 is 11.6 Å². The highest BCUT2D eigenvalue weighted by molar-refractivity contribution is 6.29. The minimum absolute atomic E-state index is 0.498. The average molecular weight is 297 g/mol. The zero-order valence-corrected chi connectivity index (χ0v) is 12.1. The maximum atomic E-state index is 6.06. The minimum atomic E-state index is 0.498. The van der Waals surface area contributed by atoms with E-state index >= 15 is 0 Å². The lowest BCUT2D eigenvalue weighted by Crippen LogP contribution is -1.94. The van der Waals surface area contributed by atoms with Crippen molar-refractivity contribution >= 4 is 11.6 Å². The van der Waals surface area contributed by atoms with Gasteiger partial charge in [-0.15, -0.1) is 0 Å². The molecule has 4 nitrogen and oxygen atoms in total. The summed E-state index contributed by atoms with van der Waals surface area (Å²) in [5, 5.41) is 5.26. The number of halogens is 1. The maximum absolute atomic E-state index is 6.06. The lowest BCUT2D eigenvalue weighted by molar-refractivity contribution is 0.658. The van der Waals surface area contributed by atoms with E-state index in [1.54, 1.807) is 12.4 Å². The Hall–Kier alpha value is -2.20. The van der Waals surface area contributed by atoms with Crippen LogP contribution in [0.1, 0.15) is 12.1 Å². The largest absolute Gasteiger partial charge is 0.268 e. The number of hydrogen-bond acceptors (Lipinski definition) is 3. The predicted molar refractivity (Wildman–Crippen MR) is 82.0 cm³/mol. The Morgan fingerprint density at radius 3 is 2.86 bits per heavy atom. The van der Waals surface area contributed by atoms with Crippen molar-refractivity contribution in [3.63, 3.8) is 0 Å². The summed E-state index contributed by atoms with van der Waals surface area (Å²) in [6.45, 7) is 0.966. The van der Waals surface area contributed by atoms with Crippen LogP contribution in [-0.4, -0.2) is 19.7 Å². The summed E-state index contributed by atoms with van der Waals surface area (Å²) in [5.41, 5.74) is 5.27. The Morgan fingerprint density at radius 2 is 2.05 bits per heavy atom. The van der Waals surface area contributed by atoms with Gasteiger partial charge in [-0.2, -0.15) is 5.10 Å². The van der Waals surface area contributed by atoms with Crippen molar-refractivity contribution in [2.45, 2.75) is 19.4 Å². The first-order chi connectivity index (χ1) is 10.3. The minimum Gasteiger partial charge on any atom is -0.268 e. The van der Waals surface area contributed by atoms with Crippen LogP contribution in [-0.2, 0) is 13.0 Å². The van der Waals surface area contributed by atoms with Gasteiger partial charge in [0, 0.05) is 30.2 Å². The molecule has 0 fully saturated rings. The van der Waals surface area contributed by atoms with Crippen molar-refractivity contribution in [1.82, 2.24) is 19.7 Å². The second-order valence-electron chi connectivity index (χ2n) is 5.08. The summed E-state index contributed by atoms with van der Waals surface area (Å²) < 4.78 is 2.09. The monoisotopic (exact) mass is 296 g/mol. The molecule has 0 amide bonds. The summed E-state index contributed by atoms with van der Waals surface area (Å²) in [5.74, 6) is 0. The third-order valence-electron chi connectivity index (χ3n) is 3.76. The quantitative estimate of drug-likeness (QED) is 0.679. The van der Waals surface area contributed by atoms with Crippen molar-refractivity contribution in [2.75, 3.05) is 0 Å². The Bertz CT molecular complexity index is 795. The number of nitrogens with zero attached hydrogens (tertiary/aromatic N) is 4. The fourth-order valence-corrected chi connectivity index (χ4v) is 3.05. The van der Waals surface area contributed by atoms with Gasteiger partial charge in [-0.3, -0.25) is 9.67 Å². The number of aryl methyl sites for hydroxylation is 1. The molecule has 0 bridgehead atoms. The molecule has 0 unspecified atom stereocenters. The number of rotatable bonds is 2. The van der Waals surface area contributed by atoms with E-state index in [-0.39, 0.29) is 0 Å². The third-order valence-corrected chi connectivity index (χ3v) is 3.97. The van der Waals surface area contributed by atoms with Crippen LogP contribution < -0.4 is 0 Å². The van der Waals surface area contributed by atoms with Crippen LogP contribution in [0.25, 0.3) is 22.5 Å². The van der Waals surface area contributed by atoms with Crippen molar-refractivity contribution < 1.29 is 0 Å². The number of fused-ring (bicyclic) bond motifs is 1. The highest BCUT2D eigenvalue weighted by Crippen LogP contribution is 2.37. The Balaban J connectivity index is 1.97. The Morgan fingerprint density at radius 1 is 1.10 bits per heavy atom. The smallest absolute Gasteiger partial charge is 0.129 e. The van der Waals surface area contributed by atoms with E-state index in [1.807, 2.05) is 30.3 Å². The van der Waals surface area contributed by atoms with Crippen LogP contribution in [0.2, 0.25) is 5.15 Å². The van der Waals surface area contributed by atoms with E-state index in [0.29, 0.717) is 5.15 Å². The molecule has 4 rings (SSSR count). The molecule has 3 aromatic heterocycles. The first-order valence-electron chi connectivity index (χ1n) is 6.96. The summed E-state index contributed by atoms with van der Waals surface area (Å²) in [6, 6.07) is 9.76. The van der Waals surface area contributed by atoms with Crippen LogP contribution in [0.15, 0.2) is 42.7 Å². The van der Waals surface area contributed by atoms with E-state index in [4.69, 9.17) is 16.7 Å². The fourth-order valence-electron chi connectivity index (χ4n) is 2.88. The lowest BCUT2D eigenvalue weighted by atomic mass is 10.0. The van der Waals surface area contributed by atoms with Gasteiger partial charge in [-0.25, -0.2) is 4.98 Å². The Kier molecular flexibility index (Phi) is 2.97. The van der Waals surface area contributed by atoms with Gasteiger partial charge in [0.25, 0.3) is 0 Å². The van der Waals surface area contributed by atoms with Crippen molar-refractivity contribution in [3.8, 4) is 22.5 Å². The molecule has 5 heteroatoms. The topological polar surface area (TPSA) is 43.6 Å². The number of hydrogen-bond donors (Lipinski definition) is 0. The lowest BCUT2D eigenvalue weighted by Gasteiger charge is -2.05. The van der Waals surface area contributed by atoms with Gasteiger partial charge in [-0.05, 0) is 42.7 Å². The normalized spacial score (nSPS) is 13.4. The van der Waals surface area contributed by atoms with E-state index < -0.39 is 0 Å². The van der Waals surface area contributed by atoms with Gasteiger partial charge >= 0.3 is 0 Å². The summed E-state index contributed by atoms with van der Waals surface area (Å²) >= 11 is 6.06. The SMILES string of the molecule is Clc1cc(-c2c(-c3ccccn3)nn3c2CCC3)ccn1. The molecule has 21 heavy (non-hydrogen) atoms. The molecule has 0 aromatic carbocycles. The van der Waals surface area contributed by atoms with E-state index in [1.165, 1.54) is 5.69 Å². The van der Waals surface area contributed by atoms with Gasteiger partial charge in [0.15, 0.2) is 0 Å². The highest BCUT2D eigenvalue weighted by atomic mass is 35.5. The Labute approximate surface area is 127 Å². The molecule has 104 valence electrons. The first-order valence-corrected chi connectivity index (χ1v) is 7.34. The molecule has 0 spiro atoms. The second kappa shape index (κ2) is 4.97. The van der Waals surface area contributed by atoms with Crippen LogP contribution in [0.5, 0.6) is 0 Å². The fraction of sp³-hybridized carbons (Fsp3) is 0.188. The van der Waals surface area contributed by atoms with Crippen LogP contribution in [0.3, 0.4) is 0 Å². The third kappa shape index (κ3) is 2.12. The number of pyridine rings is 2. The van der Waals surface area contributed by atoms with E-state index in [9.17, 15) is 0 Å². The molecule has 0 atom stereocenters. The zero-order chi connectivity index (χ0) is 14.2. The molecule has 0 saturated carbocycles. The molecule has 0 radical (unpaired) electrons. The van der Waals surface area contributed by atoms with Crippen molar-refractivity contribution in [2.24, 2.45) is 0 Å². The molecular formula is C16H13ClN4. The zero-order valence-electron chi connectivity index (χ0n) is 11.3. The van der Waals surface area contributed by atoms with Gasteiger partial charge in [0.1, 0.15) is 10.8 Å². The molecule has 4 heterocycles. The molecule has 1 aliphatic rings. The van der Waals surface area contributed by atoms with Crippen molar-refractivity contribution in [3.05, 3.63) is 53.6 Å². The van der Waals surface area contributed by atoms with Crippen LogP contribution in [0.4, 0.5) is 0 Å². The second-order valence-corrected chi connectivity index (χ2v) is 5.47. The van der Waals surface area contributed by atoms with Gasteiger partial charge in [-0.1, -0.05) is 17.7 Å². The van der Waals surface area contributed by atoms with E-state index in [0.717, 1.165) is 41.9 Å². The predicted octanol–water partition coefficient (Wildman–Crippen LogP) is 3.61. The van der Waals surface area contributed by atoms with Gasteiger partial charge < -0.3 is 0 Å². The van der Waals surface area contributed by atoms with Crippen molar-refractivity contribution in [1.29, 1.82) is 0 Å². The first kappa shape index (κ1) is 12.5. The molecule has 0 N–H and O–H groups in total. The van der Waals surface area contributed by atoms with Gasteiger partial charge in [0.2, 0.25) is 0 Å².